The summed E-state index contributed by atoms with van der Waals surface area (Å²) in [5.41, 5.74) is 0. The maximum absolute atomic E-state index is 10.9. The van der Waals surface area contributed by atoms with E-state index in [2.05, 4.69) is 10.3 Å². The molecule has 0 radical (unpaired) electrons. The van der Waals surface area contributed by atoms with Gasteiger partial charge in [-0.05, 0) is 22.3 Å². The molecule has 0 saturated heterocycles. The lowest BCUT2D eigenvalue weighted by Crippen LogP contribution is -2.40. The van der Waals surface area contributed by atoms with Crippen LogP contribution in [0.2, 0.25) is 0 Å². The standard InChI is InChI=1S/C7H9N3O2S/c1-4(2)10-7-6(12-9-10)8-5(11)3-13-7/h4H,3H2,1-2H3. The molecule has 0 aromatic carbocycles. The van der Waals surface area contributed by atoms with Gasteiger partial charge >= 0.3 is 10.9 Å². The molecule has 1 aliphatic heterocycles. The lowest BCUT2D eigenvalue weighted by Gasteiger charge is -2.10. The normalized spacial score (nSPS) is 15.8. The third-order valence-corrected chi connectivity index (χ3v) is 2.68. The molecule has 0 fully saturated rings. The Labute approximate surface area is 79.4 Å². The Hall–Kier alpha value is -1.04. The zero-order chi connectivity index (χ0) is 9.42. The van der Waals surface area contributed by atoms with E-state index in [0.717, 1.165) is 5.03 Å². The van der Waals surface area contributed by atoms with Crippen LogP contribution in [-0.2, 0) is 0 Å². The number of aromatic nitrogens is 2. The van der Waals surface area contributed by atoms with Crippen molar-refractivity contribution in [3.05, 3.63) is 0 Å². The van der Waals surface area contributed by atoms with Gasteiger partial charge in [-0.3, -0.25) is 4.52 Å². The van der Waals surface area contributed by atoms with E-state index >= 15 is 0 Å². The Morgan fingerprint density at radius 1 is 1.62 bits per heavy atom. The summed E-state index contributed by atoms with van der Waals surface area (Å²) in [6.07, 6.45) is 0. The topological polar surface area (TPSA) is 65.3 Å². The number of hydrogen-bond donors (Lipinski definition) is 0. The van der Waals surface area contributed by atoms with Crippen LogP contribution in [0, 0.1) is 0 Å². The van der Waals surface area contributed by atoms with Gasteiger partial charge in [0.15, 0.2) is 6.04 Å². The minimum atomic E-state index is -0.162. The molecule has 0 amide bonds. The fourth-order valence-electron chi connectivity index (χ4n) is 1.06. The average molecular weight is 199 g/mol. The first-order chi connectivity index (χ1) is 6.18. The third kappa shape index (κ3) is 1.41. The highest BCUT2D eigenvalue weighted by atomic mass is 32.2. The van der Waals surface area contributed by atoms with Gasteiger partial charge in [-0.15, -0.1) is 0 Å². The van der Waals surface area contributed by atoms with Crippen molar-refractivity contribution in [1.29, 1.82) is 0 Å². The van der Waals surface area contributed by atoms with Crippen LogP contribution in [0.5, 0.6) is 0 Å². The second-order valence-electron chi connectivity index (χ2n) is 3.02. The van der Waals surface area contributed by atoms with E-state index < -0.39 is 0 Å². The largest absolute Gasteiger partial charge is 0.861 e. The zero-order valence-corrected chi connectivity index (χ0v) is 8.17. The molecule has 0 bridgehead atoms. The van der Waals surface area contributed by atoms with Crippen molar-refractivity contribution in [3.63, 3.8) is 0 Å². The van der Waals surface area contributed by atoms with Crippen LogP contribution in [0.1, 0.15) is 19.9 Å². The minimum absolute atomic E-state index is 0.162. The van der Waals surface area contributed by atoms with Crippen LogP contribution in [0.15, 0.2) is 14.5 Å². The van der Waals surface area contributed by atoms with E-state index in [1.165, 1.54) is 11.8 Å². The maximum Gasteiger partial charge on any atom is 0.335 e. The smallest absolute Gasteiger partial charge is 0.335 e. The molecule has 0 unspecified atom stereocenters. The van der Waals surface area contributed by atoms with Crippen LogP contribution >= 0.6 is 11.8 Å². The fraction of sp³-hybridized carbons (Fsp3) is 0.571. The maximum atomic E-state index is 10.9. The summed E-state index contributed by atoms with van der Waals surface area (Å²) < 4.78 is 6.66. The molecule has 70 valence electrons. The Morgan fingerprint density at radius 2 is 2.38 bits per heavy atom. The van der Waals surface area contributed by atoms with Crippen LogP contribution in [0.3, 0.4) is 0 Å². The number of thioether (sulfide) groups is 1. The molecule has 0 aliphatic carbocycles. The molecule has 0 saturated carbocycles. The lowest BCUT2D eigenvalue weighted by molar-refractivity contribution is -0.809. The summed E-state index contributed by atoms with van der Waals surface area (Å²) >= 11 is 1.42. The van der Waals surface area contributed by atoms with E-state index in [9.17, 15) is 5.11 Å². The van der Waals surface area contributed by atoms with E-state index in [4.69, 9.17) is 4.52 Å². The van der Waals surface area contributed by atoms with Gasteiger partial charge in [-0.2, -0.15) is 0 Å². The molecule has 1 aromatic heterocycles. The molecule has 2 heterocycles. The van der Waals surface area contributed by atoms with E-state index in [0.29, 0.717) is 11.6 Å². The number of aliphatic imine (C=N–C) groups is 1. The lowest BCUT2D eigenvalue weighted by atomic mass is 10.4. The molecule has 5 nitrogen and oxygen atoms in total. The predicted molar refractivity (Wildman–Crippen MR) is 44.9 cm³/mol. The summed E-state index contributed by atoms with van der Waals surface area (Å²) in [7, 11) is 0. The van der Waals surface area contributed by atoms with Gasteiger partial charge in [0.05, 0.1) is 0 Å². The van der Waals surface area contributed by atoms with Crippen molar-refractivity contribution in [2.45, 2.75) is 24.9 Å². The first kappa shape index (κ1) is 8.55. The SMILES string of the molecule is CC(C)[n+]1noc2c1SCC([O-])=N2. The first-order valence-corrected chi connectivity index (χ1v) is 4.96. The van der Waals surface area contributed by atoms with E-state index in [1.54, 1.807) is 4.68 Å². The highest BCUT2D eigenvalue weighted by molar-refractivity contribution is 8.00. The molecular weight excluding hydrogens is 190 g/mol. The summed E-state index contributed by atoms with van der Waals surface area (Å²) in [5.74, 6) is 0.556. The van der Waals surface area contributed by atoms with Gasteiger partial charge < -0.3 is 5.11 Å². The van der Waals surface area contributed by atoms with Gasteiger partial charge in [0.2, 0.25) is 5.27 Å². The summed E-state index contributed by atoms with van der Waals surface area (Å²) in [5, 5.41) is 15.6. The van der Waals surface area contributed by atoms with Crippen molar-refractivity contribution in [2.24, 2.45) is 4.99 Å². The van der Waals surface area contributed by atoms with Crippen molar-refractivity contribution < 1.29 is 14.3 Å². The molecule has 0 N–H and O–H groups in total. The monoisotopic (exact) mass is 199 g/mol. The number of nitrogens with zero attached hydrogens (tertiary/aromatic N) is 3. The minimum Gasteiger partial charge on any atom is -0.861 e. The van der Waals surface area contributed by atoms with Crippen LogP contribution in [0.4, 0.5) is 5.88 Å². The van der Waals surface area contributed by atoms with Gasteiger partial charge in [0.25, 0.3) is 0 Å². The van der Waals surface area contributed by atoms with Gasteiger partial charge in [0, 0.05) is 19.6 Å². The molecule has 1 aliphatic rings. The highest BCUT2D eigenvalue weighted by Gasteiger charge is 2.29. The molecule has 0 spiro atoms. The fourth-order valence-corrected chi connectivity index (χ4v) is 1.96. The molecule has 2 rings (SSSR count). The zero-order valence-electron chi connectivity index (χ0n) is 7.35. The van der Waals surface area contributed by atoms with Gasteiger partial charge in [-0.1, -0.05) is 0 Å². The predicted octanol–water partition coefficient (Wildman–Crippen LogP) is 0.0390. The summed E-state index contributed by atoms with van der Waals surface area (Å²) in [6, 6.07) is 0.225. The molecule has 13 heavy (non-hydrogen) atoms. The first-order valence-electron chi connectivity index (χ1n) is 3.97. The second kappa shape index (κ2) is 3.02. The van der Waals surface area contributed by atoms with Crippen molar-refractivity contribution in [1.82, 2.24) is 5.27 Å². The van der Waals surface area contributed by atoms with Gasteiger partial charge in [-0.25, -0.2) is 4.99 Å². The summed E-state index contributed by atoms with van der Waals surface area (Å²) in [6.45, 7) is 4.00. The van der Waals surface area contributed by atoms with Crippen LogP contribution in [-0.4, -0.2) is 16.9 Å². The Bertz CT molecular complexity index is 359. The van der Waals surface area contributed by atoms with Crippen molar-refractivity contribution >= 4 is 23.5 Å². The van der Waals surface area contributed by atoms with Gasteiger partial charge in [0.1, 0.15) is 0 Å². The Balaban J connectivity index is 2.45. The van der Waals surface area contributed by atoms with E-state index in [-0.39, 0.29) is 11.9 Å². The van der Waals surface area contributed by atoms with E-state index in [1.807, 2.05) is 13.8 Å². The summed E-state index contributed by atoms with van der Waals surface area (Å²) in [4.78, 5) is 3.74. The number of hydrogen-bond acceptors (Lipinski definition) is 5. The molecule has 0 atom stereocenters. The second-order valence-corrected chi connectivity index (χ2v) is 3.98. The van der Waals surface area contributed by atoms with Crippen LogP contribution < -0.4 is 9.79 Å². The Kier molecular flexibility index (Phi) is 1.99. The van der Waals surface area contributed by atoms with Crippen LogP contribution in [0.25, 0.3) is 0 Å². The highest BCUT2D eigenvalue weighted by Crippen LogP contribution is 2.30. The van der Waals surface area contributed by atoms with Crippen molar-refractivity contribution in [3.8, 4) is 0 Å². The Morgan fingerprint density at radius 3 is 3.08 bits per heavy atom. The third-order valence-electron chi connectivity index (χ3n) is 1.65. The van der Waals surface area contributed by atoms with Crippen molar-refractivity contribution in [2.75, 3.05) is 5.75 Å². The molecule has 6 heteroatoms. The molecule has 1 aromatic rings. The average Bonchev–Trinajstić information content (AvgIpc) is 2.46. The number of fused-ring (bicyclic) bond motifs is 1. The quantitative estimate of drug-likeness (QED) is 0.599. The number of rotatable bonds is 1. The molecular formula is C7H9N3O2S.